The van der Waals surface area contributed by atoms with E-state index in [-0.39, 0.29) is 17.5 Å². The molecule has 328 valence electrons. The zero-order valence-electron chi connectivity index (χ0n) is 39.6. The van der Waals surface area contributed by atoms with Crippen LogP contribution in [0, 0.1) is 10.8 Å². The van der Waals surface area contributed by atoms with E-state index in [1.807, 2.05) is 0 Å². The van der Waals surface area contributed by atoms with Gasteiger partial charge in [-0.05, 0) is 220 Å². The Bertz CT molecular complexity index is 3380. The fourth-order valence-electron chi connectivity index (χ4n) is 13.9. The summed E-state index contributed by atoms with van der Waals surface area (Å²) < 4.78 is 0. The Kier molecular flexibility index (Phi) is 8.57. The van der Waals surface area contributed by atoms with Crippen molar-refractivity contribution in [3.05, 3.63) is 190 Å². The summed E-state index contributed by atoms with van der Waals surface area (Å²) in [4.78, 5) is 7.95. The Morgan fingerprint density at radius 1 is 0.403 bits per heavy atom. The van der Waals surface area contributed by atoms with Crippen LogP contribution in [0.15, 0.2) is 146 Å². The Morgan fingerprint density at radius 2 is 0.985 bits per heavy atom. The van der Waals surface area contributed by atoms with Crippen molar-refractivity contribution in [2.24, 2.45) is 10.8 Å². The molecule has 67 heavy (non-hydrogen) atoms. The number of hydrogen-bond acceptors (Lipinski definition) is 3. The van der Waals surface area contributed by atoms with Gasteiger partial charge in [0.2, 0.25) is 0 Å². The molecule has 0 spiro atoms. The molecule has 8 aromatic carbocycles. The van der Waals surface area contributed by atoms with Crippen molar-refractivity contribution < 1.29 is 0 Å². The maximum atomic E-state index is 2.71. The van der Waals surface area contributed by atoms with Crippen LogP contribution in [0.3, 0.4) is 0 Å². The number of aryl methyl sites for hydroxylation is 4. The molecule has 4 heteroatoms. The average Bonchev–Trinajstić information content (AvgIpc) is 3.84. The van der Waals surface area contributed by atoms with Crippen molar-refractivity contribution in [2.75, 3.05) is 14.7 Å². The van der Waals surface area contributed by atoms with E-state index in [1.54, 1.807) is 5.56 Å². The minimum Gasteiger partial charge on any atom is -0.311 e. The van der Waals surface area contributed by atoms with Crippen molar-refractivity contribution in [1.82, 2.24) is 0 Å². The molecule has 3 nitrogen and oxygen atoms in total. The number of anilines is 9. The Hall–Kier alpha value is -6.52. The molecule has 8 aromatic rings. The molecule has 0 atom stereocenters. The fourth-order valence-corrected chi connectivity index (χ4v) is 13.9. The first-order valence-corrected chi connectivity index (χ1v) is 25.3. The first kappa shape index (κ1) is 39.6. The van der Waals surface area contributed by atoms with Gasteiger partial charge in [0.15, 0.2) is 0 Å². The predicted molar refractivity (Wildman–Crippen MR) is 284 cm³/mol. The monoisotopic (exact) mass is 867 g/mol. The molecule has 0 amide bonds. The van der Waals surface area contributed by atoms with Crippen LogP contribution < -0.4 is 31.1 Å². The quantitative estimate of drug-likeness (QED) is 0.160. The van der Waals surface area contributed by atoms with Gasteiger partial charge in [0, 0.05) is 51.2 Å². The van der Waals surface area contributed by atoms with E-state index in [9.17, 15) is 0 Å². The Labute approximate surface area is 397 Å². The minimum atomic E-state index is 0.0834. The van der Waals surface area contributed by atoms with Gasteiger partial charge in [-0.15, -0.1) is 0 Å². The van der Waals surface area contributed by atoms with Crippen molar-refractivity contribution in [2.45, 2.75) is 98.3 Å². The maximum absolute atomic E-state index is 2.71. The molecule has 0 aromatic heterocycles. The zero-order chi connectivity index (χ0) is 44.8. The highest BCUT2D eigenvalue weighted by molar-refractivity contribution is 7.00. The number of para-hydroxylation sites is 1. The average molecular weight is 868 g/mol. The highest BCUT2D eigenvalue weighted by atomic mass is 15.2. The molecule has 4 aliphatic carbocycles. The number of fused-ring (bicyclic) bond motifs is 7. The van der Waals surface area contributed by atoms with Gasteiger partial charge in [0.05, 0.1) is 0 Å². The summed E-state index contributed by atoms with van der Waals surface area (Å²) in [6, 6.07) is 57.3. The summed E-state index contributed by atoms with van der Waals surface area (Å²) >= 11 is 0. The van der Waals surface area contributed by atoms with E-state index >= 15 is 0 Å². The van der Waals surface area contributed by atoms with Crippen LogP contribution in [0.5, 0.6) is 0 Å². The van der Waals surface area contributed by atoms with Gasteiger partial charge in [0.25, 0.3) is 6.71 Å². The number of hydrogen-bond donors (Lipinski definition) is 0. The van der Waals surface area contributed by atoms with E-state index in [2.05, 4.69) is 188 Å². The summed E-state index contributed by atoms with van der Waals surface area (Å²) in [5.41, 5.74) is 28.3. The second-order valence-electron chi connectivity index (χ2n) is 22.5. The summed E-state index contributed by atoms with van der Waals surface area (Å²) in [5.74, 6) is 0. The van der Waals surface area contributed by atoms with Crippen LogP contribution in [0.2, 0.25) is 0 Å². The van der Waals surface area contributed by atoms with Crippen LogP contribution in [0.1, 0.15) is 91.5 Å². The molecule has 0 fully saturated rings. The lowest BCUT2D eigenvalue weighted by atomic mass is 9.33. The van der Waals surface area contributed by atoms with E-state index < -0.39 is 0 Å². The summed E-state index contributed by atoms with van der Waals surface area (Å²) in [5, 5.41) is 2.81. The Balaban J connectivity index is 1.04. The second kappa shape index (κ2) is 14.5. The first-order chi connectivity index (χ1) is 32.7. The van der Waals surface area contributed by atoms with Gasteiger partial charge in [-0.3, -0.25) is 0 Å². The largest absolute Gasteiger partial charge is 0.311 e. The SMILES string of the molecule is CC1(C)Cc2cccc(N3c4cc(N(c5ccccc5)c5cc6c7c(cccc7c5)CCC6)ccc4B4c5cc6c(cc5N(c5cccc7c5CC(C)(C)C7)c5cccc3c54)CCCC6)c2C1. The van der Waals surface area contributed by atoms with Gasteiger partial charge in [-0.1, -0.05) is 107 Å². The van der Waals surface area contributed by atoms with Crippen molar-refractivity contribution in [3.63, 3.8) is 0 Å². The van der Waals surface area contributed by atoms with Crippen LogP contribution in [0.25, 0.3) is 10.8 Å². The molecule has 2 aliphatic heterocycles. The molecule has 2 heterocycles. The first-order valence-electron chi connectivity index (χ1n) is 25.3. The third-order valence-electron chi connectivity index (χ3n) is 16.6. The summed E-state index contributed by atoms with van der Waals surface area (Å²) in [6.07, 6.45) is 12.7. The highest BCUT2D eigenvalue weighted by Crippen LogP contribution is 2.52. The van der Waals surface area contributed by atoms with Crippen LogP contribution in [0.4, 0.5) is 51.2 Å². The van der Waals surface area contributed by atoms with Crippen molar-refractivity contribution in [3.8, 4) is 0 Å². The fraction of sp³-hybridized carbons (Fsp3) is 0.270. The van der Waals surface area contributed by atoms with Gasteiger partial charge < -0.3 is 14.7 Å². The number of benzene rings is 8. The lowest BCUT2D eigenvalue weighted by Crippen LogP contribution is -2.61. The van der Waals surface area contributed by atoms with Gasteiger partial charge in [-0.2, -0.15) is 0 Å². The zero-order valence-corrected chi connectivity index (χ0v) is 39.6. The molecule has 0 bridgehead atoms. The molecule has 6 aliphatic rings. The molecular formula is C63H58BN3. The summed E-state index contributed by atoms with van der Waals surface area (Å²) in [6.45, 7) is 9.88. The third kappa shape index (κ3) is 6.10. The summed E-state index contributed by atoms with van der Waals surface area (Å²) in [7, 11) is 0. The van der Waals surface area contributed by atoms with Gasteiger partial charge in [0.1, 0.15) is 0 Å². The van der Waals surface area contributed by atoms with Crippen LogP contribution >= 0.6 is 0 Å². The predicted octanol–water partition coefficient (Wildman–Crippen LogP) is 14.0. The molecular weight excluding hydrogens is 810 g/mol. The molecule has 0 unspecified atom stereocenters. The standard InChI is InChI=1S/C63H58BN3/c1-62(2)36-45-21-12-25-54(50(45)38-62)66-56-27-14-28-57-61(56)64(53-33-41-15-8-9-16-42(41)34-58(53)66)52-30-29-48(35-59(52)67(57)55-26-13-22-46-37-63(3,4)39-51(46)55)65(47-23-6-5-7-24-47)49-31-43-19-10-17-40-18-11-20-44(32-49)60(40)43/h5-7,10,12-14,17,19,21-35H,8-9,11,15-16,18,20,36-39H2,1-4H3. The molecule has 0 saturated carbocycles. The van der Waals surface area contributed by atoms with Gasteiger partial charge in [-0.25, -0.2) is 0 Å². The highest BCUT2D eigenvalue weighted by Gasteiger charge is 2.46. The van der Waals surface area contributed by atoms with E-state index in [0.29, 0.717) is 0 Å². The normalized spacial score (nSPS) is 17.6. The van der Waals surface area contributed by atoms with Crippen molar-refractivity contribution >= 4 is 85.1 Å². The molecule has 14 rings (SSSR count). The lowest BCUT2D eigenvalue weighted by molar-refractivity contribution is 0.392. The topological polar surface area (TPSA) is 9.72 Å². The lowest BCUT2D eigenvalue weighted by Gasteiger charge is -2.45. The number of nitrogens with zero attached hydrogens (tertiary/aromatic N) is 3. The van der Waals surface area contributed by atoms with Crippen LogP contribution in [-0.2, 0) is 51.4 Å². The minimum absolute atomic E-state index is 0.0834. The number of rotatable bonds is 5. The van der Waals surface area contributed by atoms with E-state index in [1.165, 1.54) is 137 Å². The van der Waals surface area contributed by atoms with E-state index in [0.717, 1.165) is 51.4 Å². The second-order valence-corrected chi connectivity index (χ2v) is 22.5. The molecule has 0 radical (unpaired) electrons. The smallest absolute Gasteiger partial charge is 0.252 e. The Morgan fingerprint density at radius 3 is 1.69 bits per heavy atom. The third-order valence-corrected chi connectivity index (χ3v) is 16.6. The van der Waals surface area contributed by atoms with Gasteiger partial charge >= 0.3 is 0 Å². The van der Waals surface area contributed by atoms with Crippen LogP contribution in [-0.4, -0.2) is 6.71 Å². The molecule has 0 saturated heterocycles. The van der Waals surface area contributed by atoms with Crippen molar-refractivity contribution in [1.29, 1.82) is 0 Å². The molecule has 0 N–H and O–H groups in total. The van der Waals surface area contributed by atoms with E-state index in [4.69, 9.17) is 0 Å². The maximum Gasteiger partial charge on any atom is 0.252 e.